The van der Waals surface area contributed by atoms with Gasteiger partial charge in [0, 0.05) is 21.1 Å². The Kier molecular flexibility index (Phi) is 5.42. The summed E-state index contributed by atoms with van der Waals surface area (Å²) in [5.74, 6) is 0.264. The van der Waals surface area contributed by atoms with Crippen molar-refractivity contribution in [1.29, 1.82) is 0 Å². The summed E-state index contributed by atoms with van der Waals surface area (Å²) < 4.78 is 0. The molecular weight excluding hydrogens is 300 g/mol. The van der Waals surface area contributed by atoms with E-state index in [1.165, 1.54) is 16.2 Å². The Bertz CT molecular complexity index is 603. The number of hydrogen-bond donors (Lipinski definition) is 1. The minimum absolute atomic E-state index is 0.110. The molecule has 0 aliphatic carbocycles. The second-order valence-electron chi connectivity index (χ2n) is 5.38. The van der Waals surface area contributed by atoms with Crippen molar-refractivity contribution >= 4 is 34.1 Å². The van der Waals surface area contributed by atoms with Gasteiger partial charge in [-0.3, -0.25) is 10.1 Å². The summed E-state index contributed by atoms with van der Waals surface area (Å²) in [4.78, 5) is 17.8. The van der Waals surface area contributed by atoms with Crippen molar-refractivity contribution in [2.45, 2.75) is 43.8 Å². The van der Waals surface area contributed by atoms with Crippen molar-refractivity contribution in [3.05, 3.63) is 40.9 Å². The third kappa shape index (κ3) is 4.58. The predicted molar refractivity (Wildman–Crippen MR) is 91.6 cm³/mol. The molecule has 1 heterocycles. The van der Waals surface area contributed by atoms with E-state index >= 15 is 0 Å². The molecule has 2 aromatic rings. The monoisotopic (exact) mass is 320 g/mol. The Hall–Kier alpha value is -1.33. The van der Waals surface area contributed by atoms with Crippen LogP contribution in [-0.4, -0.2) is 16.1 Å². The molecule has 0 saturated heterocycles. The van der Waals surface area contributed by atoms with E-state index in [0.717, 1.165) is 5.69 Å². The molecule has 1 aromatic carbocycles. The van der Waals surface area contributed by atoms with Crippen LogP contribution in [0.15, 0.2) is 34.5 Å². The van der Waals surface area contributed by atoms with E-state index in [2.05, 4.69) is 38.0 Å². The first kappa shape index (κ1) is 16.0. The van der Waals surface area contributed by atoms with Gasteiger partial charge in [0.05, 0.1) is 5.69 Å². The minimum atomic E-state index is -0.110. The SMILES string of the molecule is CC(C)Sc1ccc(C(=O)Nc2nc(C(C)C)cs2)cc1. The van der Waals surface area contributed by atoms with E-state index in [9.17, 15) is 4.79 Å². The Morgan fingerprint density at radius 2 is 1.86 bits per heavy atom. The Balaban J connectivity index is 2.02. The molecule has 3 nitrogen and oxygen atoms in total. The average molecular weight is 320 g/mol. The number of thiazole rings is 1. The lowest BCUT2D eigenvalue weighted by Crippen LogP contribution is -2.11. The standard InChI is InChI=1S/C16H20N2OS2/c1-10(2)14-9-20-16(17-14)18-15(19)12-5-7-13(8-6-12)21-11(3)4/h5-11H,1-4H3,(H,17,18,19). The molecular formula is C16H20N2OS2. The molecule has 0 saturated carbocycles. The zero-order chi connectivity index (χ0) is 15.4. The van der Waals surface area contributed by atoms with Crippen LogP contribution in [0.4, 0.5) is 5.13 Å². The van der Waals surface area contributed by atoms with Crippen LogP contribution in [-0.2, 0) is 0 Å². The first-order chi connectivity index (χ1) is 9.95. The Morgan fingerprint density at radius 1 is 1.19 bits per heavy atom. The minimum Gasteiger partial charge on any atom is -0.298 e. The highest BCUT2D eigenvalue weighted by Gasteiger charge is 2.10. The van der Waals surface area contributed by atoms with Gasteiger partial charge in [0.25, 0.3) is 5.91 Å². The van der Waals surface area contributed by atoms with Gasteiger partial charge in [-0.05, 0) is 30.2 Å². The van der Waals surface area contributed by atoms with Crippen molar-refractivity contribution in [1.82, 2.24) is 4.98 Å². The number of carbonyl (C=O) groups excluding carboxylic acids is 1. The van der Waals surface area contributed by atoms with Crippen LogP contribution in [0.25, 0.3) is 0 Å². The number of aromatic nitrogens is 1. The van der Waals surface area contributed by atoms with Crippen LogP contribution in [0, 0.1) is 0 Å². The number of rotatable bonds is 5. The Morgan fingerprint density at radius 3 is 2.38 bits per heavy atom. The summed E-state index contributed by atoms with van der Waals surface area (Å²) in [5.41, 5.74) is 1.67. The number of thioether (sulfide) groups is 1. The molecule has 0 aliphatic heterocycles. The zero-order valence-corrected chi connectivity index (χ0v) is 14.3. The van der Waals surface area contributed by atoms with E-state index in [0.29, 0.717) is 21.9 Å². The molecule has 0 bridgehead atoms. The summed E-state index contributed by atoms with van der Waals surface area (Å²) in [6.07, 6.45) is 0. The van der Waals surface area contributed by atoms with Gasteiger partial charge < -0.3 is 0 Å². The highest BCUT2D eigenvalue weighted by Crippen LogP contribution is 2.24. The number of amides is 1. The molecule has 0 atom stereocenters. The molecule has 1 N–H and O–H groups in total. The smallest absolute Gasteiger partial charge is 0.257 e. The van der Waals surface area contributed by atoms with E-state index < -0.39 is 0 Å². The number of anilines is 1. The summed E-state index contributed by atoms with van der Waals surface area (Å²) in [6.45, 7) is 8.48. The molecule has 1 amide bonds. The quantitative estimate of drug-likeness (QED) is 0.787. The third-order valence-electron chi connectivity index (χ3n) is 2.82. The summed E-state index contributed by atoms with van der Waals surface area (Å²) >= 11 is 3.25. The van der Waals surface area contributed by atoms with Gasteiger partial charge in [-0.2, -0.15) is 0 Å². The predicted octanol–water partition coefficient (Wildman–Crippen LogP) is 5.02. The fraction of sp³-hybridized carbons (Fsp3) is 0.375. The summed E-state index contributed by atoms with van der Waals surface area (Å²) in [6, 6.07) is 7.69. The van der Waals surface area contributed by atoms with Crippen LogP contribution in [0.2, 0.25) is 0 Å². The van der Waals surface area contributed by atoms with Gasteiger partial charge in [-0.25, -0.2) is 4.98 Å². The molecule has 0 aliphatic rings. The average Bonchev–Trinajstić information content (AvgIpc) is 2.87. The zero-order valence-electron chi connectivity index (χ0n) is 12.7. The second-order valence-corrected chi connectivity index (χ2v) is 7.89. The van der Waals surface area contributed by atoms with Gasteiger partial charge in [0.15, 0.2) is 5.13 Å². The first-order valence-corrected chi connectivity index (χ1v) is 8.75. The lowest BCUT2D eigenvalue weighted by Gasteiger charge is -2.06. The Labute approximate surface area is 134 Å². The van der Waals surface area contributed by atoms with Crippen LogP contribution in [0.3, 0.4) is 0 Å². The number of nitrogens with zero attached hydrogens (tertiary/aromatic N) is 1. The van der Waals surface area contributed by atoms with Gasteiger partial charge in [-0.1, -0.05) is 27.7 Å². The van der Waals surface area contributed by atoms with Gasteiger partial charge in [0.1, 0.15) is 0 Å². The highest BCUT2D eigenvalue weighted by molar-refractivity contribution is 7.99. The fourth-order valence-corrected chi connectivity index (χ4v) is 3.44. The second kappa shape index (κ2) is 7.09. The number of nitrogens with one attached hydrogen (secondary N) is 1. The maximum absolute atomic E-state index is 12.2. The molecule has 0 unspecified atom stereocenters. The van der Waals surface area contributed by atoms with Crippen LogP contribution in [0.1, 0.15) is 49.7 Å². The van der Waals surface area contributed by atoms with Crippen LogP contribution < -0.4 is 5.32 Å². The molecule has 1 aromatic heterocycles. The summed E-state index contributed by atoms with van der Waals surface area (Å²) in [7, 11) is 0. The van der Waals surface area contributed by atoms with E-state index in [1.807, 2.05) is 29.6 Å². The normalized spacial score (nSPS) is 11.1. The fourth-order valence-electron chi connectivity index (χ4n) is 1.74. The van der Waals surface area contributed by atoms with E-state index in [1.54, 1.807) is 11.8 Å². The van der Waals surface area contributed by atoms with Crippen molar-refractivity contribution in [3.8, 4) is 0 Å². The topological polar surface area (TPSA) is 42.0 Å². The van der Waals surface area contributed by atoms with Crippen molar-refractivity contribution in [2.24, 2.45) is 0 Å². The molecule has 112 valence electrons. The summed E-state index contributed by atoms with van der Waals surface area (Å²) in [5, 5.41) is 6.04. The molecule has 0 fully saturated rings. The molecule has 2 rings (SSSR count). The lowest BCUT2D eigenvalue weighted by molar-refractivity contribution is 0.102. The molecule has 5 heteroatoms. The largest absolute Gasteiger partial charge is 0.298 e. The van der Waals surface area contributed by atoms with Gasteiger partial charge in [0.2, 0.25) is 0 Å². The first-order valence-electron chi connectivity index (χ1n) is 6.99. The van der Waals surface area contributed by atoms with Crippen molar-refractivity contribution < 1.29 is 4.79 Å². The number of hydrogen-bond acceptors (Lipinski definition) is 4. The highest BCUT2D eigenvalue weighted by atomic mass is 32.2. The third-order valence-corrected chi connectivity index (χ3v) is 4.61. The number of benzene rings is 1. The number of carbonyl (C=O) groups is 1. The van der Waals surface area contributed by atoms with Crippen LogP contribution >= 0.6 is 23.1 Å². The maximum atomic E-state index is 12.2. The molecule has 0 radical (unpaired) electrons. The molecule has 0 spiro atoms. The molecule has 21 heavy (non-hydrogen) atoms. The van der Waals surface area contributed by atoms with E-state index in [-0.39, 0.29) is 5.91 Å². The van der Waals surface area contributed by atoms with Gasteiger partial charge >= 0.3 is 0 Å². The maximum Gasteiger partial charge on any atom is 0.257 e. The van der Waals surface area contributed by atoms with Crippen molar-refractivity contribution in [2.75, 3.05) is 5.32 Å². The lowest BCUT2D eigenvalue weighted by atomic mass is 10.2. The van der Waals surface area contributed by atoms with Crippen LogP contribution in [0.5, 0.6) is 0 Å². The van der Waals surface area contributed by atoms with Gasteiger partial charge in [-0.15, -0.1) is 23.1 Å². The van der Waals surface area contributed by atoms with E-state index in [4.69, 9.17) is 0 Å². The van der Waals surface area contributed by atoms with Crippen molar-refractivity contribution in [3.63, 3.8) is 0 Å².